The minimum Gasteiger partial charge on any atom is -0.271 e. The van der Waals surface area contributed by atoms with Crippen LogP contribution >= 0.6 is 23.4 Å². The van der Waals surface area contributed by atoms with Crippen molar-refractivity contribution in [2.45, 2.75) is 24.3 Å². The van der Waals surface area contributed by atoms with Crippen LogP contribution in [0.4, 0.5) is 4.39 Å². The molecule has 2 aromatic carbocycles. The van der Waals surface area contributed by atoms with Crippen LogP contribution in [-0.2, 0) is 6.42 Å². The molecule has 3 N–H and O–H groups in total. The number of hydrogen-bond donors (Lipinski definition) is 2. The van der Waals surface area contributed by atoms with Crippen molar-refractivity contribution in [3.8, 4) is 0 Å². The quantitative estimate of drug-likeness (QED) is 0.471. The molecule has 112 valence electrons. The second kappa shape index (κ2) is 7.80. The van der Waals surface area contributed by atoms with Crippen molar-refractivity contribution in [3.63, 3.8) is 0 Å². The number of nitrogens with one attached hydrogen (secondary N) is 1. The highest BCUT2D eigenvalue weighted by molar-refractivity contribution is 7.99. The molecule has 0 aliphatic rings. The molecule has 0 saturated carbocycles. The third-order valence-corrected chi connectivity index (χ3v) is 4.49. The largest absolute Gasteiger partial charge is 0.271 e. The predicted octanol–water partition coefficient (Wildman–Crippen LogP) is 4.34. The Balaban J connectivity index is 2.17. The van der Waals surface area contributed by atoms with E-state index < -0.39 is 0 Å². The lowest BCUT2D eigenvalue weighted by Gasteiger charge is -2.17. The molecule has 0 aromatic heterocycles. The van der Waals surface area contributed by atoms with Crippen LogP contribution in [0.1, 0.15) is 24.1 Å². The van der Waals surface area contributed by atoms with E-state index in [0.717, 1.165) is 16.9 Å². The van der Waals surface area contributed by atoms with Gasteiger partial charge in [0.2, 0.25) is 0 Å². The summed E-state index contributed by atoms with van der Waals surface area (Å²) in [5.74, 6) is 6.39. The first-order chi connectivity index (χ1) is 10.1. The Labute approximate surface area is 133 Å². The van der Waals surface area contributed by atoms with Gasteiger partial charge < -0.3 is 0 Å². The average molecular weight is 325 g/mol. The summed E-state index contributed by atoms with van der Waals surface area (Å²) in [7, 11) is 0. The Morgan fingerprint density at radius 2 is 1.95 bits per heavy atom. The fourth-order valence-corrected chi connectivity index (χ4v) is 3.01. The molecule has 2 nitrogen and oxygen atoms in total. The number of halogens is 2. The topological polar surface area (TPSA) is 38.0 Å². The molecule has 0 saturated heterocycles. The van der Waals surface area contributed by atoms with Crippen LogP contribution in [0.15, 0.2) is 47.4 Å². The lowest BCUT2D eigenvalue weighted by atomic mass is 9.99. The highest BCUT2D eigenvalue weighted by Crippen LogP contribution is 2.26. The molecular weight excluding hydrogens is 307 g/mol. The molecular formula is C16H18ClFN2S. The first-order valence-electron chi connectivity index (χ1n) is 6.77. The van der Waals surface area contributed by atoms with Gasteiger partial charge in [-0.3, -0.25) is 11.3 Å². The maximum Gasteiger partial charge on any atom is 0.123 e. The van der Waals surface area contributed by atoms with E-state index in [-0.39, 0.29) is 11.9 Å². The maximum absolute atomic E-state index is 13.3. The molecule has 2 rings (SSSR count). The number of nitrogens with two attached hydrogens (primary N) is 1. The van der Waals surface area contributed by atoms with Gasteiger partial charge in [-0.15, -0.1) is 11.8 Å². The van der Waals surface area contributed by atoms with Crippen LogP contribution in [0, 0.1) is 5.82 Å². The molecule has 0 bridgehead atoms. The molecule has 2 aromatic rings. The van der Waals surface area contributed by atoms with E-state index >= 15 is 0 Å². The standard InChI is InChI=1S/C16H18ClFN2S/c1-2-21-14-6-3-11(4-7-14)16(20-19)10-12-9-13(18)5-8-15(12)17/h3-9,16,20H,2,10,19H2,1H3. The fourth-order valence-electron chi connectivity index (χ4n) is 2.16. The van der Waals surface area contributed by atoms with E-state index in [2.05, 4.69) is 24.5 Å². The smallest absolute Gasteiger partial charge is 0.123 e. The summed E-state index contributed by atoms with van der Waals surface area (Å²) in [5, 5.41) is 0.551. The monoisotopic (exact) mass is 324 g/mol. The highest BCUT2D eigenvalue weighted by atomic mass is 35.5. The molecule has 0 amide bonds. The van der Waals surface area contributed by atoms with Gasteiger partial charge in [0.25, 0.3) is 0 Å². The Morgan fingerprint density at radius 1 is 1.24 bits per heavy atom. The van der Waals surface area contributed by atoms with Crippen molar-refractivity contribution in [1.29, 1.82) is 0 Å². The van der Waals surface area contributed by atoms with Crippen LogP contribution in [0.25, 0.3) is 0 Å². The molecule has 0 radical (unpaired) electrons. The van der Waals surface area contributed by atoms with Crippen molar-refractivity contribution in [2.75, 3.05) is 5.75 Å². The number of hydrazine groups is 1. The summed E-state index contributed by atoms with van der Waals surface area (Å²) in [5.41, 5.74) is 4.57. The minimum atomic E-state index is -0.292. The SMILES string of the molecule is CCSc1ccc(C(Cc2cc(F)ccc2Cl)NN)cc1. The highest BCUT2D eigenvalue weighted by Gasteiger charge is 2.13. The van der Waals surface area contributed by atoms with Gasteiger partial charge >= 0.3 is 0 Å². The first kappa shape index (κ1) is 16.3. The fraction of sp³-hybridized carbons (Fsp3) is 0.250. The molecule has 0 fully saturated rings. The van der Waals surface area contributed by atoms with Crippen molar-refractivity contribution in [1.82, 2.24) is 5.43 Å². The van der Waals surface area contributed by atoms with E-state index in [0.29, 0.717) is 11.4 Å². The summed E-state index contributed by atoms with van der Waals surface area (Å²) in [6, 6.07) is 12.5. The third-order valence-electron chi connectivity index (χ3n) is 3.23. The molecule has 5 heteroatoms. The zero-order valence-corrected chi connectivity index (χ0v) is 13.3. The summed E-state index contributed by atoms with van der Waals surface area (Å²) in [6.07, 6.45) is 0.535. The molecule has 0 aliphatic carbocycles. The lowest BCUT2D eigenvalue weighted by Crippen LogP contribution is -2.29. The van der Waals surface area contributed by atoms with Gasteiger partial charge in [-0.1, -0.05) is 30.7 Å². The maximum atomic E-state index is 13.3. The van der Waals surface area contributed by atoms with E-state index in [9.17, 15) is 4.39 Å². The van der Waals surface area contributed by atoms with E-state index in [1.165, 1.54) is 17.0 Å². The van der Waals surface area contributed by atoms with Gasteiger partial charge in [0, 0.05) is 9.92 Å². The second-order valence-electron chi connectivity index (χ2n) is 4.66. The van der Waals surface area contributed by atoms with Crippen molar-refractivity contribution >= 4 is 23.4 Å². The number of rotatable bonds is 6. The Hall–Kier alpha value is -1.07. The van der Waals surface area contributed by atoms with Crippen molar-refractivity contribution in [3.05, 3.63) is 64.4 Å². The van der Waals surface area contributed by atoms with Crippen LogP contribution in [0.3, 0.4) is 0 Å². The summed E-state index contributed by atoms with van der Waals surface area (Å²) >= 11 is 7.90. The van der Waals surface area contributed by atoms with E-state index in [4.69, 9.17) is 17.4 Å². The summed E-state index contributed by atoms with van der Waals surface area (Å²) < 4.78 is 13.3. The van der Waals surface area contributed by atoms with Gasteiger partial charge in [-0.25, -0.2) is 4.39 Å². The average Bonchev–Trinajstić information content (AvgIpc) is 2.49. The van der Waals surface area contributed by atoms with E-state index in [1.54, 1.807) is 17.8 Å². The molecule has 0 heterocycles. The zero-order valence-electron chi connectivity index (χ0n) is 11.8. The molecule has 1 atom stereocenters. The molecule has 0 spiro atoms. The number of hydrogen-bond acceptors (Lipinski definition) is 3. The zero-order chi connectivity index (χ0) is 15.2. The van der Waals surface area contributed by atoms with Gasteiger partial charge in [0.15, 0.2) is 0 Å². The Morgan fingerprint density at radius 3 is 2.57 bits per heavy atom. The summed E-state index contributed by atoms with van der Waals surface area (Å²) in [4.78, 5) is 1.22. The van der Waals surface area contributed by atoms with Gasteiger partial charge in [-0.2, -0.15) is 0 Å². The molecule has 0 aliphatic heterocycles. The van der Waals surface area contributed by atoms with Gasteiger partial charge in [0.1, 0.15) is 5.82 Å². The lowest BCUT2D eigenvalue weighted by molar-refractivity contribution is 0.548. The van der Waals surface area contributed by atoms with Gasteiger partial charge in [-0.05, 0) is 53.6 Å². The van der Waals surface area contributed by atoms with Crippen molar-refractivity contribution < 1.29 is 4.39 Å². The van der Waals surface area contributed by atoms with Crippen molar-refractivity contribution in [2.24, 2.45) is 5.84 Å². The predicted molar refractivity (Wildman–Crippen MR) is 88.0 cm³/mol. The number of thioether (sulfide) groups is 1. The number of benzene rings is 2. The normalized spacial score (nSPS) is 12.4. The van der Waals surface area contributed by atoms with Gasteiger partial charge in [0.05, 0.1) is 6.04 Å². The summed E-state index contributed by atoms with van der Waals surface area (Å²) in [6.45, 7) is 2.12. The minimum absolute atomic E-state index is 0.107. The van der Waals surface area contributed by atoms with Crippen LogP contribution in [0.5, 0.6) is 0 Å². The second-order valence-corrected chi connectivity index (χ2v) is 6.41. The Kier molecular flexibility index (Phi) is 6.06. The van der Waals surface area contributed by atoms with E-state index in [1.807, 2.05) is 12.1 Å². The first-order valence-corrected chi connectivity index (χ1v) is 8.13. The third kappa shape index (κ3) is 4.45. The van der Waals surface area contributed by atoms with Crippen LogP contribution in [0.2, 0.25) is 5.02 Å². The Bertz CT molecular complexity index is 589. The van der Waals surface area contributed by atoms with Crippen LogP contribution in [-0.4, -0.2) is 5.75 Å². The van der Waals surface area contributed by atoms with Crippen LogP contribution < -0.4 is 11.3 Å². The molecule has 1 unspecified atom stereocenters. The molecule has 21 heavy (non-hydrogen) atoms.